The average Bonchev–Trinajstić information content (AvgIpc) is 3.25. The highest BCUT2D eigenvalue weighted by molar-refractivity contribution is 8.00. The summed E-state index contributed by atoms with van der Waals surface area (Å²) < 4.78 is 7.06. The first kappa shape index (κ1) is 22.7. The molecule has 0 aliphatic rings. The van der Waals surface area contributed by atoms with Crippen molar-refractivity contribution in [2.24, 2.45) is 0 Å². The Kier molecular flexibility index (Phi) is 6.26. The Morgan fingerprint density at radius 3 is 2.17 bits per heavy atom. The molecule has 0 saturated heterocycles. The zero-order valence-electron chi connectivity index (χ0n) is 19.4. The minimum Gasteiger partial charge on any atom is -0.497 e. The van der Waals surface area contributed by atoms with Crippen molar-refractivity contribution in [2.75, 3.05) is 7.11 Å². The van der Waals surface area contributed by atoms with Crippen molar-refractivity contribution in [1.29, 1.82) is 5.26 Å². The molecular formula is C29H23N3O2S. The first-order chi connectivity index (χ1) is 17.1. The van der Waals surface area contributed by atoms with Gasteiger partial charge in [-0.15, -0.1) is 0 Å². The summed E-state index contributed by atoms with van der Waals surface area (Å²) in [6.07, 6.45) is 0.601. The molecule has 35 heavy (non-hydrogen) atoms. The Morgan fingerprint density at radius 1 is 0.971 bits per heavy atom. The Labute approximate surface area is 208 Å². The van der Waals surface area contributed by atoms with Gasteiger partial charge in [0.1, 0.15) is 16.8 Å². The molecule has 1 unspecified atom stereocenters. The van der Waals surface area contributed by atoms with E-state index in [1.54, 1.807) is 13.2 Å². The molecule has 5 rings (SSSR count). The molecule has 5 aromatic rings. The van der Waals surface area contributed by atoms with E-state index in [4.69, 9.17) is 9.72 Å². The van der Waals surface area contributed by atoms with Crippen LogP contribution in [0.2, 0.25) is 0 Å². The molecule has 0 spiro atoms. The second kappa shape index (κ2) is 9.65. The van der Waals surface area contributed by atoms with Gasteiger partial charge in [0.05, 0.1) is 34.7 Å². The minimum absolute atomic E-state index is 0.0181. The van der Waals surface area contributed by atoms with Crippen LogP contribution < -0.4 is 4.74 Å². The average molecular weight is 478 g/mol. The molecule has 0 aliphatic carbocycles. The van der Waals surface area contributed by atoms with Gasteiger partial charge in [-0.1, -0.05) is 55.1 Å². The summed E-state index contributed by atoms with van der Waals surface area (Å²) >= 11 is 1.35. The van der Waals surface area contributed by atoms with Gasteiger partial charge in [-0.25, -0.2) is 4.98 Å². The smallest absolute Gasteiger partial charge is 0.245 e. The van der Waals surface area contributed by atoms with Crippen LogP contribution in [0.25, 0.3) is 33.1 Å². The molecule has 0 bridgehead atoms. The Morgan fingerprint density at radius 2 is 1.60 bits per heavy atom. The molecule has 5 nitrogen and oxygen atoms in total. The lowest BCUT2D eigenvalue weighted by molar-refractivity contribution is 0.0919. The number of carbonyl (C=O) groups excluding carboxylic acids is 1. The second-order valence-corrected chi connectivity index (χ2v) is 9.30. The molecule has 0 radical (unpaired) electrons. The van der Waals surface area contributed by atoms with Crippen molar-refractivity contribution in [2.45, 2.75) is 23.6 Å². The van der Waals surface area contributed by atoms with Gasteiger partial charge in [0.25, 0.3) is 0 Å². The van der Waals surface area contributed by atoms with Gasteiger partial charge in [-0.2, -0.15) is 5.26 Å². The monoisotopic (exact) mass is 477 g/mol. The van der Waals surface area contributed by atoms with Crippen molar-refractivity contribution >= 4 is 39.5 Å². The number of thioether (sulfide) groups is 1. The maximum absolute atomic E-state index is 13.9. The predicted octanol–water partition coefficient (Wildman–Crippen LogP) is 6.95. The van der Waals surface area contributed by atoms with Gasteiger partial charge < -0.3 is 4.74 Å². The molecule has 172 valence electrons. The van der Waals surface area contributed by atoms with Gasteiger partial charge in [0.2, 0.25) is 5.91 Å². The molecule has 2 aromatic heterocycles. The van der Waals surface area contributed by atoms with Crippen molar-refractivity contribution < 1.29 is 9.53 Å². The number of rotatable bonds is 6. The lowest BCUT2D eigenvalue weighted by Gasteiger charge is -2.16. The highest BCUT2D eigenvalue weighted by Gasteiger charge is 2.25. The number of carbonyl (C=O) groups is 1. The number of methoxy groups -OCH3 is 1. The number of fused-ring (bicyclic) bond motifs is 3. The number of ether oxygens (including phenoxy) is 1. The third-order valence-corrected chi connectivity index (χ3v) is 7.42. The van der Waals surface area contributed by atoms with E-state index in [-0.39, 0.29) is 5.91 Å². The third-order valence-electron chi connectivity index (χ3n) is 6.07. The molecule has 6 heteroatoms. The lowest BCUT2D eigenvalue weighted by Crippen LogP contribution is -2.23. The molecule has 3 aromatic carbocycles. The first-order valence-corrected chi connectivity index (χ1v) is 12.3. The number of hydrogen-bond donors (Lipinski definition) is 0. The standard InChI is InChI=1S/C29H23N3O2S/c1-3-27(29(33)32-25-10-6-4-8-22(25)23-9-5-7-11-26(23)32)35-28-20(18-30)14-17-24(31-28)19-12-15-21(34-2)16-13-19/h4-17,27H,3H2,1-2H3. The maximum Gasteiger partial charge on any atom is 0.245 e. The van der Waals surface area contributed by atoms with E-state index in [2.05, 4.69) is 6.07 Å². The van der Waals surface area contributed by atoms with E-state index >= 15 is 0 Å². The quantitative estimate of drug-likeness (QED) is 0.248. The van der Waals surface area contributed by atoms with E-state index in [1.807, 2.05) is 90.4 Å². The van der Waals surface area contributed by atoms with Crippen molar-refractivity contribution in [3.05, 3.63) is 90.5 Å². The van der Waals surface area contributed by atoms with Crippen LogP contribution in [-0.4, -0.2) is 27.8 Å². The minimum atomic E-state index is -0.403. The highest BCUT2D eigenvalue weighted by atomic mass is 32.2. The molecule has 1 atom stereocenters. The number of pyridine rings is 1. The third kappa shape index (κ3) is 4.16. The van der Waals surface area contributed by atoms with Crippen LogP contribution in [0.5, 0.6) is 5.75 Å². The van der Waals surface area contributed by atoms with E-state index in [1.165, 1.54) is 11.8 Å². The number of para-hydroxylation sites is 2. The number of hydrogen-bond acceptors (Lipinski definition) is 5. The molecular weight excluding hydrogens is 454 g/mol. The van der Waals surface area contributed by atoms with E-state index in [0.29, 0.717) is 17.0 Å². The SMILES string of the molecule is CCC(Sc1nc(-c2ccc(OC)cc2)ccc1C#N)C(=O)n1c2ccccc2c2ccccc21. The predicted molar refractivity (Wildman–Crippen MR) is 141 cm³/mol. The molecule has 2 heterocycles. The van der Waals surface area contributed by atoms with Gasteiger partial charge in [0.15, 0.2) is 0 Å². The second-order valence-electron chi connectivity index (χ2n) is 8.11. The van der Waals surface area contributed by atoms with Crippen molar-refractivity contribution in [1.82, 2.24) is 9.55 Å². The summed E-state index contributed by atoms with van der Waals surface area (Å²) in [5.74, 6) is 0.746. The zero-order chi connectivity index (χ0) is 24.4. The summed E-state index contributed by atoms with van der Waals surface area (Å²) in [4.78, 5) is 18.7. The molecule has 0 aliphatic heterocycles. The fourth-order valence-electron chi connectivity index (χ4n) is 4.29. The molecule has 0 N–H and O–H groups in total. The van der Waals surface area contributed by atoms with Crippen LogP contribution in [0.3, 0.4) is 0 Å². The first-order valence-electron chi connectivity index (χ1n) is 11.4. The van der Waals surface area contributed by atoms with Gasteiger partial charge in [-0.3, -0.25) is 9.36 Å². The van der Waals surface area contributed by atoms with Gasteiger partial charge >= 0.3 is 0 Å². The van der Waals surface area contributed by atoms with E-state index in [0.717, 1.165) is 38.8 Å². The number of benzene rings is 3. The molecule has 0 amide bonds. The fraction of sp³-hybridized carbons (Fsp3) is 0.138. The maximum atomic E-state index is 13.9. The van der Waals surface area contributed by atoms with Crippen LogP contribution in [0.4, 0.5) is 0 Å². The van der Waals surface area contributed by atoms with Crippen LogP contribution >= 0.6 is 11.8 Å². The van der Waals surface area contributed by atoms with Gasteiger partial charge in [0, 0.05) is 16.3 Å². The number of aromatic nitrogens is 2. The number of nitrogens with zero attached hydrogens (tertiary/aromatic N) is 3. The van der Waals surface area contributed by atoms with Crippen LogP contribution in [0.1, 0.15) is 23.7 Å². The lowest BCUT2D eigenvalue weighted by atomic mass is 10.1. The Bertz CT molecular complexity index is 1530. The normalized spacial score (nSPS) is 11.9. The summed E-state index contributed by atoms with van der Waals surface area (Å²) in [7, 11) is 1.63. The van der Waals surface area contributed by atoms with Crippen molar-refractivity contribution in [3.63, 3.8) is 0 Å². The summed E-state index contributed by atoms with van der Waals surface area (Å²) in [6, 6.07) is 29.4. The summed E-state index contributed by atoms with van der Waals surface area (Å²) in [6.45, 7) is 1.99. The highest BCUT2D eigenvalue weighted by Crippen LogP contribution is 2.34. The van der Waals surface area contributed by atoms with Crippen LogP contribution in [0.15, 0.2) is 90.0 Å². The molecule has 0 saturated carbocycles. The molecule has 0 fully saturated rings. The Hall–Kier alpha value is -4.08. The topological polar surface area (TPSA) is 67.9 Å². The van der Waals surface area contributed by atoms with E-state index in [9.17, 15) is 10.1 Å². The van der Waals surface area contributed by atoms with E-state index < -0.39 is 5.25 Å². The summed E-state index contributed by atoms with van der Waals surface area (Å²) in [5.41, 5.74) is 3.89. The van der Waals surface area contributed by atoms with Gasteiger partial charge in [-0.05, 0) is 55.0 Å². The van der Waals surface area contributed by atoms with Crippen LogP contribution in [0, 0.1) is 11.3 Å². The van der Waals surface area contributed by atoms with Crippen molar-refractivity contribution in [3.8, 4) is 23.1 Å². The zero-order valence-corrected chi connectivity index (χ0v) is 20.3. The largest absolute Gasteiger partial charge is 0.497 e. The fourth-order valence-corrected chi connectivity index (χ4v) is 5.32. The summed E-state index contributed by atoms with van der Waals surface area (Å²) in [5, 5.41) is 12.0. The Balaban J connectivity index is 1.54. The van der Waals surface area contributed by atoms with Crippen LogP contribution in [-0.2, 0) is 0 Å². The number of nitriles is 1.